The summed E-state index contributed by atoms with van der Waals surface area (Å²) in [6.07, 6.45) is -0.114. The van der Waals surface area contributed by atoms with Crippen molar-refractivity contribution in [2.75, 3.05) is 27.2 Å². The van der Waals surface area contributed by atoms with Gasteiger partial charge in [0.25, 0.3) is 0 Å². The molecule has 2 aromatic carbocycles. The number of amides is 2. The molecule has 3 rings (SSSR count). The van der Waals surface area contributed by atoms with Crippen LogP contribution in [0.5, 0.6) is 5.75 Å². The SMILES string of the molecule is CC(NC(=O)Cc1ccccc1F)C(=O)N1Cc2ccccc2OCC1CN(C)C. The van der Waals surface area contributed by atoms with E-state index < -0.39 is 17.8 Å². The highest BCUT2D eigenvalue weighted by molar-refractivity contribution is 5.88. The molecule has 1 N–H and O–H groups in total. The van der Waals surface area contributed by atoms with Crippen LogP contribution in [0, 0.1) is 5.82 Å². The van der Waals surface area contributed by atoms with E-state index in [1.54, 1.807) is 30.0 Å². The van der Waals surface area contributed by atoms with Gasteiger partial charge < -0.3 is 19.9 Å². The third-order valence-electron chi connectivity index (χ3n) is 5.10. The molecule has 0 aliphatic carbocycles. The first-order chi connectivity index (χ1) is 14.3. The third kappa shape index (κ3) is 5.36. The minimum absolute atomic E-state index is 0.114. The zero-order chi connectivity index (χ0) is 21.7. The third-order valence-corrected chi connectivity index (χ3v) is 5.10. The molecule has 0 saturated carbocycles. The Kier molecular flexibility index (Phi) is 7.05. The highest BCUT2D eigenvalue weighted by Crippen LogP contribution is 2.25. The van der Waals surface area contributed by atoms with Crippen molar-refractivity contribution in [3.05, 3.63) is 65.5 Å². The first-order valence-corrected chi connectivity index (χ1v) is 10.0. The van der Waals surface area contributed by atoms with Gasteiger partial charge in [0.05, 0.1) is 12.5 Å². The fourth-order valence-corrected chi connectivity index (χ4v) is 3.61. The lowest BCUT2D eigenvalue weighted by molar-refractivity contribution is -0.139. The first-order valence-electron chi connectivity index (χ1n) is 10.0. The standard InChI is InChI=1S/C23H28FN3O3/c1-16(25-22(28)12-17-8-4-6-10-20(17)24)23(29)27-13-18-9-5-7-11-21(18)30-15-19(27)14-26(2)3/h4-11,16,19H,12-15H2,1-3H3,(H,25,28). The molecule has 2 amide bonds. The van der Waals surface area contributed by atoms with E-state index in [2.05, 4.69) is 5.32 Å². The second kappa shape index (κ2) is 9.71. The van der Waals surface area contributed by atoms with E-state index >= 15 is 0 Å². The maximum absolute atomic E-state index is 13.8. The maximum Gasteiger partial charge on any atom is 0.245 e. The number of fused-ring (bicyclic) bond motifs is 1. The second-order valence-electron chi connectivity index (χ2n) is 7.86. The van der Waals surface area contributed by atoms with E-state index in [1.165, 1.54) is 6.07 Å². The summed E-state index contributed by atoms with van der Waals surface area (Å²) in [5, 5.41) is 2.72. The van der Waals surface area contributed by atoms with Crippen molar-refractivity contribution in [2.45, 2.75) is 32.0 Å². The predicted molar refractivity (Wildman–Crippen MR) is 113 cm³/mol. The van der Waals surface area contributed by atoms with Crippen molar-refractivity contribution in [1.82, 2.24) is 15.1 Å². The number of nitrogens with one attached hydrogen (secondary N) is 1. The predicted octanol–water partition coefficient (Wildman–Crippen LogP) is 2.22. The molecular formula is C23H28FN3O3. The van der Waals surface area contributed by atoms with Crippen molar-refractivity contribution < 1.29 is 18.7 Å². The largest absolute Gasteiger partial charge is 0.491 e. The molecule has 2 aromatic rings. The molecule has 7 heteroatoms. The summed E-state index contributed by atoms with van der Waals surface area (Å²) in [6, 6.07) is 12.9. The van der Waals surface area contributed by atoms with Gasteiger partial charge in [-0.15, -0.1) is 0 Å². The summed E-state index contributed by atoms with van der Waals surface area (Å²) in [5.74, 6) is -0.243. The van der Waals surface area contributed by atoms with Crippen LogP contribution < -0.4 is 10.1 Å². The molecule has 2 unspecified atom stereocenters. The number of ether oxygens (including phenoxy) is 1. The average Bonchev–Trinajstić information content (AvgIpc) is 2.88. The van der Waals surface area contributed by atoms with Crippen LogP contribution in [0.3, 0.4) is 0 Å². The smallest absolute Gasteiger partial charge is 0.245 e. The summed E-state index contributed by atoms with van der Waals surface area (Å²) in [5.41, 5.74) is 1.23. The Balaban J connectivity index is 1.72. The van der Waals surface area contributed by atoms with Gasteiger partial charge in [0.15, 0.2) is 0 Å². The minimum Gasteiger partial charge on any atom is -0.491 e. The van der Waals surface area contributed by atoms with Crippen molar-refractivity contribution in [3.8, 4) is 5.75 Å². The summed E-state index contributed by atoms with van der Waals surface area (Å²) in [7, 11) is 3.89. The monoisotopic (exact) mass is 413 g/mol. The molecule has 1 aliphatic heterocycles. The fraction of sp³-hybridized carbons (Fsp3) is 0.391. The molecule has 1 aliphatic rings. The number of likely N-dealkylation sites (N-methyl/N-ethyl adjacent to an activating group) is 1. The van der Waals surface area contributed by atoms with Crippen LogP contribution in [-0.4, -0.2) is 60.9 Å². The Morgan fingerprint density at radius 1 is 1.20 bits per heavy atom. The molecule has 0 radical (unpaired) electrons. The Morgan fingerprint density at radius 3 is 2.63 bits per heavy atom. The zero-order valence-electron chi connectivity index (χ0n) is 17.6. The molecule has 0 spiro atoms. The van der Waals surface area contributed by atoms with Gasteiger partial charge in [-0.25, -0.2) is 4.39 Å². The Hall–Kier alpha value is -2.93. The summed E-state index contributed by atoms with van der Waals surface area (Å²) in [4.78, 5) is 29.4. The van der Waals surface area contributed by atoms with Gasteiger partial charge in [0.1, 0.15) is 24.2 Å². The Bertz CT molecular complexity index is 903. The highest BCUT2D eigenvalue weighted by Gasteiger charge is 2.32. The lowest BCUT2D eigenvalue weighted by atomic mass is 10.1. The van der Waals surface area contributed by atoms with Crippen molar-refractivity contribution in [1.29, 1.82) is 0 Å². The lowest BCUT2D eigenvalue weighted by Crippen LogP contribution is -2.53. The summed E-state index contributed by atoms with van der Waals surface area (Å²) < 4.78 is 19.8. The topological polar surface area (TPSA) is 61.9 Å². The molecule has 0 saturated heterocycles. The van der Waals surface area contributed by atoms with Gasteiger partial charge in [-0.05, 0) is 38.7 Å². The molecule has 0 bridgehead atoms. The first kappa shape index (κ1) is 21.8. The van der Waals surface area contributed by atoms with E-state index in [4.69, 9.17) is 4.74 Å². The van der Waals surface area contributed by atoms with Gasteiger partial charge >= 0.3 is 0 Å². The Morgan fingerprint density at radius 2 is 1.90 bits per heavy atom. The van der Waals surface area contributed by atoms with Crippen LogP contribution >= 0.6 is 0 Å². The molecule has 30 heavy (non-hydrogen) atoms. The quantitative estimate of drug-likeness (QED) is 0.789. The van der Waals surface area contributed by atoms with Crippen LogP contribution in [0.15, 0.2) is 48.5 Å². The van der Waals surface area contributed by atoms with Gasteiger partial charge in [0.2, 0.25) is 11.8 Å². The summed E-state index contributed by atoms with van der Waals surface area (Å²) in [6.45, 7) is 3.07. The normalized spacial score (nSPS) is 17.0. The van der Waals surface area contributed by atoms with Crippen LogP contribution in [0.4, 0.5) is 4.39 Å². The summed E-state index contributed by atoms with van der Waals surface area (Å²) >= 11 is 0. The van der Waals surface area contributed by atoms with Crippen LogP contribution in [0.25, 0.3) is 0 Å². The van der Waals surface area contributed by atoms with Crippen molar-refractivity contribution in [3.63, 3.8) is 0 Å². The van der Waals surface area contributed by atoms with Crippen LogP contribution in [0.1, 0.15) is 18.1 Å². The van der Waals surface area contributed by atoms with Crippen LogP contribution in [-0.2, 0) is 22.6 Å². The van der Waals surface area contributed by atoms with E-state index in [9.17, 15) is 14.0 Å². The lowest BCUT2D eigenvalue weighted by Gasteiger charge is -2.33. The maximum atomic E-state index is 13.8. The molecule has 0 fully saturated rings. The van der Waals surface area contributed by atoms with Gasteiger partial charge in [-0.2, -0.15) is 0 Å². The van der Waals surface area contributed by atoms with Crippen molar-refractivity contribution >= 4 is 11.8 Å². The van der Waals surface area contributed by atoms with Gasteiger partial charge in [-0.3, -0.25) is 9.59 Å². The number of rotatable bonds is 6. The minimum atomic E-state index is -0.737. The fourth-order valence-electron chi connectivity index (χ4n) is 3.61. The number of halogens is 1. The number of nitrogens with zero attached hydrogens (tertiary/aromatic N) is 2. The van der Waals surface area contributed by atoms with Crippen molar-refractivity contribution in [2.24, 2.45) is 0 Å². The van der Waals surface area contributed by atoms with Gasteiger partial charge in [0, 0.05) is 18.7 Å². The zero-order valence-corrected chi connectivity index (χ0v) is 17.6. The molecule has 2 atom stereocenters. The second-order valence-corrected chi connectivity index (χ2v) is 7.86. The van der Waals surface area contributed by atoms with E-state index in [0.29, 0.717) is 25.3 Å². The average molecular weight is 413 g/mol. The molecule has 160 valence electrons. The van der Waals surface area contributed by atoms with E-state index in [0.717, 1.165) is 11.3 Å². The van der Waals surface area contributed by atoms with E-state index in [1.807, 2.05) is 43.3 Å². The number of benzene rings is 2. The number of para-hydroxylation sites is 1. The van der Waals surface area contributed by atoms with E-state index in [-0.39, 0.29) is 18.4 Å². The number of carbonyl (C=O) groups excluding carboxylic acids is 2. The number of carbonyl (C=O) groups is 2. The Labute approximate surface area is 176 Å². The molecule has 1 heterocycles. The molecule has 6 nitrogen and oxygen atoms in total. The van der Waals surface area contributed by atoms with Gasteiger partial charge in [-0.1, -0.05) is 36.4 Å². The van der Waals surface area contributed by atoms with Crippen LogP contribution in [0.2, 0.25) is 0 Å². The number of hydrogen-bond donors (Lipinski definition) is 1. The molecular weight excluding hydrogens is 385 g/mol. The number of hydrogen-bond acceptors (Lipinski definition) is 4. The highest BCUT2D eigenvalue weighted by atomic mass is 19.1. The molecule has 0 aromatic heterocycles.